The van der Waals surface area contributed by atoms with E-state index in [4.69, 9.17) is 9.73 Å². The average molecular weight is 407 g/mol. The molecule has 0 amide bonds. The summed E-state index contributed by atoms with van der Waals surface area (Å²) in [6.07, 6.45) is 0.860. The number of benzene rings is 2. The van der Waals surface area contributed by atoms with Crippen LogP contribution in [-0.2, 0) is 13.6 Å². The van der Waals surface area contributed by atoms with Crippen molar-refractivity contribution in [1.29, 1.82) is 0 Å². The van der Waals surface area contributed by atoms with Crippen LogP contribution in [0.5, 0.6) is 5.75 Å². The van der Waals surface area contributed by atoms with Crippen LogP contribution in [0.3, 0.4) is 0 Å². The lowest BCUT2D eigenvalue weighted by Gasteiger charge is -2.19. The first-order chi connectivity index (χ1) is 14.6. The first-order valence-corrected chi connectivity index (χ1v) is 10.3. The molecule has 0 bridgehead atoms. The molecule has 1 aromatic heterocycles. The summed E-state index contributed by atoms with van der Waals surface area (Å²) in [4.78, 5) is 4.72. The number of hydrogen-bond donors (Lipinski definition) is 2. The second-order valence-corrected chi connectivity index (χ2v) is 7.11. The van der Waals surface area contributed by atoms with E-state index in [9.17, 15) is 0 Å². The lowest BCUT2D eigenvalue weighted by Crippen LogP contribution is -2.39. The molecule has 7 nitrogen and oxygen atoms in total. The van der Waals surface area contributed by atoms with Gasteiger partial charge in [-0.3, -0.25) is 0 Å². The molecule has 0 aliphatic carbocycles. The molecule has 158 valence electrons. The first kappa shape index (κ1) is 21.4. The molecule has 0 aliphatic heterocycles. The fraction of sp³-hybridized carbons (Fsp3) is 0.348. The van der Waals surface area contributed by atoms with Gasteiger partial charge in [-0.05, 0) is 38.0 Å². The predicted molar refractivity (Wildman–Crippen MR) is 119 cm³/mol. The number of nitrogens with one attached hydrogen (secondary N) is 2. The largest absolute Gasteiger partial charge is 0.494 e. The molecule has 2 N–H and O–H groups in total. The van der Waals surface area contributed by atoms with E-state index in [2.05, 4.69) is 39.9 Å². The average Bonchev–Trinajstić information content (AvgIpc) is 3.10. The van der Waals surface area contributed by atoms with Crippen molar-refractivity contribution < 1.29 is 4.74 Å². The normalized spacial score (nSPS) is 12.4. The minimum atomic E-state index is 0.124. The van der Waals surface area contributed by atoms with E-state index in [1.165, 1.54) is 5.56 Å². The molecule has 0 radical (unpaired) electrons. The topological polar surface area (TPSA) is 76.4 Å². The maximum Gasteiger partial charge on any atom is 0.192 e. The van der Waals surface area contributed by atoms with Crippen LogP contribution < -0.4 is 15.4 Å². The Bertz CT molecular complexity index is 923. The van der Waals surface area contributed by atoms with Gasteiger partial charge in [0.25, 0.3) is 0 Å². The number of ether oxygens (including phenoxy) is 1. The number of para-hydroxylation sites is 1. The van der Waals surface area contributed by atoms with Crippen molar-refractivity contribution in [2.75, 3.05) is 13.2 Å². The molecule has 0 saturated carbocycles. The molecule has 2 aromatic carbocycles. The number of aromatic nitrogens is 3. The van der Waals surface area contributed by atoms with Crippen molar-refractivity contribution in [2.45, 2.75) is 32.9 Å². The van der Waals surface area contributed by atoms with E-state index < -0.39 is 0 Å². The Morgan fingerprint density at radius 1 is 1.07 bits per heavy atom. The summed E-state index contributed by atoms with van der Waals surface area (Å²) in [7, 11) is 1.95. The van der Waals surface area contributed by atoms with Crippen LogP contribution in [0.2, 0.25) is 0 Å². The number of guanidine groups is 1. The van der Waals surface area contributed by atoms with Gasteiger partial charge in [0, 0.05) is 13.6 Å². The minimum absolute atomic E-state index is 0.124. The van der Waals surface area contributed by atoms with Gasteiger partial charge in [0.2, 0.25) is 0 Å². The molecule has 0 saturated heterocycles. The zero-order valence-electron chi connectivity index (χ0n) is 17.9. The van der Waals surface area contributed by atoms with Crippen molar-refractivity contribution in [3.8, 4) is 5.75 Å². The van der Waals surface area contributed by atoms with E-state index in [1.54, 1.807) is 0 Å². The lowest BCUT2D eigenvalue weighted by molar-refractivity contribution is 0.311. The van der Waals surface area contributed by atoms with E-state index in [-0.39, 0.29) is 6.04 Å². The van der Waals surface area contributed by atoms with E-state index in [0.29, 0.717) is 13.2 Å². The third kappa shape index (κ3) is 6.34. The number of aliphatic imine (C=N–C) groups is 1. The van der Waals surface area contributed by atoms with Crippen LogP contribution >= 0.6 is 0 Å². The molecule has 1 heterocycles. The number of nitrogens with zero attached hydrogens (tertiary/aromatic N) is 4. The van der Waals surface area contributed by atoms with Crippen LogP contribution in [0.1, 0.15) is 36.6 Å². The van der Waals surface area contributed by atoms with Gasteiger partial charge >= 0.3 is 0 Å². The zero-order chi connectivity index (χ0) is 21.2. The van der Waals surface area contributed by atoms with Crippen molar-refractivity contribution in [1.82, 2.24) is 25.4 Å². The summed E-state index contributed by atoms with van der Waals surface area (Å²) in [5, 5.41) is 15.2. The van der Waals surface area contributed by atoms with Gasteiger partial charge in [-0.2, -0.15) is 0 Å². The summed E-state index contributed by atoms with van der Waals surface area (Å²) in [5.74, 6) is 3.33. The molecule has 0 fully saturated rings. The Hall–Kier alpha value is -3.35. The van der Waals surface area contributed by atoms with Crippen LogP contribution in [0.4, 0.5) is 0 Å². The smallest absolute Gasteiger partial charge is 0.192 e. The highest BCUT2D eigenvalue weighted by atomic mass is 16.5. The maximum atomic E-state index is 5.76. The quantitative estimate of drug-likeness (QED) is 0.324. The van der Waals surface area contributed by atoms with Gasteiger partial charge in [-0.15, -0.1) is 10.2 Å². The lowest BCUT2D eigenvalue weighted by atomic mass is 10.1. The highest BCUT2D eigenvalue weighted by Crippen LogP contribution is 2.11. The molecular formula is C23H30N6O. The Labute approximate surface area is 178 Å². The second-order valence-electron chi connectivity index (χ2n) is 7.11. The molecule has 30 heavy (non-hydrogen) atoms. The zero-order valence-corrected chi connectivity index (χ0v) is 17.9. The van der Waals surface area contributed by atoms with Gasteiger partial charge < -0.3 is 19.9 Å². The Balaban J connectivity index is 1.56. The molecule has 1 unspecified atom stereocenters. The SMILES string of the molecule is Cc1nnc(CN=C(NCCCOc2ccccc2)NC(C)c2ccccc2)n1C. The van der Waals surface area contributed by atoms with Gasteiger partial charge in [-0.1, -0.05) is 48.5 Å². The third-order valence-electron chi connectivity index (χ3n) is 4.84. The molecule has 3 aromatic rings. The van der Waals surface area contributed by atoms with E-state index in [1.807, 2.05) is 67.1 Å². The van der Waals surface area contributed by atoms with Gasteiger partial charge in [-0.25, -0.2) is 4.99 Å². The van der Waals surface area contributed by atoms with Crippen LogP contribution in [0.25, 0.3) is 0 Å². The second kappa shape index (κ2) is 11.0. The highest BCUT2D eigenvalue weighted by molar-refractivity contribution is 5.80. The number of rotatable bonds is 9. The highest BCUT2D eigenvalue weighted by Gasteiger charge is 2.09. The Kier molecular flexibility index (Phi) is 7.83. The van der Waals surface area contributed by atoms with Crippen LogP contribution in [-0.4, -0.2) is 33.9 Å². The predicted octanol–water partition coefficient (Wildman–Crippen LogP) is 3.39. The summed E-state index contributed by atoms with van der Waals surface area (Å²) in [5.41, 5.74) is 1.20. The van der Waals surface area contributed by atoms with E-state index in [0.717, 1.165) is 36.3 Å². The fourth-order valence-electron chi connectivity index (χ4n) is 2.91. The monoisotopic (exact) mass is 406 g/mol. The summed E-state index contributed by atoms with van der Waals surface area (Å²) >= 11 is 0. The maximum absolute atomic E-state index is 5.76. The Morgan fingerprint density at radius 3 is 2.43 bits per heavy atom. The molecule has 1 atom stereocenters. The summed E-state index contributed by atoms with van der Waals surface area (Å²) in [6, 6.07) is 20.3. The minimum Gasteiger partial charge on any atom is -0.494 e. The van der Waals surface area contributed by atoms with Crippen LogP contribution in [0.15, 0.2) is 65.7 Å². The first-order valence-electron chi connectivity index (χ1n) is 10.3. The molecule has 0 aliphatic rings. The van der Waals surface area contributed by atoms with Crippen molar-refractivity contribution in [3.63, 3.8) is 0 Å². The van der Waals surface area contributed by atoms with Crippen molar-refractivity contribution in [3.05, 3.63) is 77.9 Å². The molecule has 7 heteroatoms. The molecule has 0 spiro atoms. The van der Waals surface area contributed by atoms with Gasteiger partial charge in [0.15, 0.2) is 11.8 Å². The fourth-order valence-corrected chi connectivity index (χ4v) is 2.91. The number of aryl methyl sites for hydroxylation is 1. The third-order valence-corrected chi connectivity index (χ3v) is 4.84. The molecular weight excluding hydrogens is 376 g/mol. The van der Waals surface area contributed by atoms with Crippen LogP contribution in [0, 0.1) is 6.92 Å². The van der Waals surface area contributed by atoms with Gasteiger partial charge in [0.05, 0.1) is 12.6 Å². The van der Waals surface area contributed by atoms with Crippen molar-refractivity contribution in [2.24, 2.45) is 12.0 Å². The van der Waals surface area contributed by atoms with E-state index >= 15 is 0 Å². The summed E-state index contributed by atoms with van der Waals surface area (Å²) in [6.45, 7) is 5.90. The molecule has 3 rings (SSSR count). The number of hydrogen-bond acceptors (Lipinski definition) is 4. The standard InChI is InChI=1S/C23H30N6O/c1-18(20-11-6-4-7-12-20)26-23(25-17-22-28-27-19(2)29(22)3)24-15-10-16-30-21-13-8-5-9-14-21/h4-9,11-14,18H,10,15-17H2,1-3H3,(H2,24,25,26). The van der Waals surface area contributed by atoms with Crippen molar-refractivity contribution >= 4 is 5.96 Å². The Morgan fingerprint density at radius 2 is 1.77 bits per heavy atom. The van der Waals surface area contributed by atoms with Gasteiger partial charge in [0.1, 0.15) is 18.1 Å². The summed E-state index contributed by atoms with van der Waals surface area (Å²) < 4.78 is 7.72.